The van der Waals surface area contributed by atoms with E-state index >= 15 is 0 Å². The van der Waals surface area contributed by atoms with Crippen LogP contribution in [0.3, 0.4) is 0 Å². The zero-order valence-electron chi connectivity index (χ0n) is 26.7. The number of rotatable bonds is 8. The highest BCUT2D eigenvalue weighted by Gasteiger charge is 2.32. The Morgan fingerprint density at radius 1 is 1.09 bits per heavy atom. The Bertz CT molecular complexity index is 1540. The number of urea groups is 1. The summed E-state index contributed by atoms with van der Waals surface area (Å²) in [6.45, 7) is 6.00. The summed E-state index contributed by atoms with van der Waals surface area (Å²) in [5, 5.41) is 17.5. The van der Waals surface area contributed by atoms with Gasteiger partial charge in [-0.1, -0.05) is 31.2 Å². The Morgan fingerprint density at radius 3 is 2.52 bits per heavy atom. The summed E-state index contributed by atoms with van der Waals surface area (Å²) in [6, 6.07) is 16.2. The number of aliphatic hydroxyl groups excluding tert-OH is 1. The standard InChI is InChI=1S/C33H44N4O7S2/c1-23-20-37(24(2)22-38)32(39)28-19-27(35-33(40)34-26-12-6-5-7-13-26)15-16-29(28)44-25(3)11-8-9-17-43-30(23)21-36(4)46(41,42)31-14-10-18-45-31/h5-7,10,12-16,18-19,23-25,30,38H,8-9,11,17,20-22H2,1-4H3,(H2,34,35,40)/t23-,24-,25+,30-/m1/s1. The Kier molecular flexibility index (Phi) is 12.6. The molecule has 46 heavy (non-hydrogen) atoms. The van der Waals surface area contributed by atoms with E-state index in [2.05, 4.69) is 10.6 Å². The number of nitrogens with zero attached hydrogens (tertiary/aromatic N) is 2. The number of fused-ring (bicyclic) bond motifs is 1. The van der Waals surface area contributed by atoms with E-state index in [4.69, 9.17) is 9.47 Å². The smallest absolute Gasteiger partial charge is 0.323 e. The number of likely N-dealkylation sites (N-methyl/N-ethyl adjacent to an activating group) is 1. The van der Waals surface area contributed by atoms with Gasteiger partial charge >= 0.3 is 6.03 Å². The molecule has 3 N–H and O–H groups in total. The molecule has 0 saturated heterocycles. The summed E-state index contributed by atoms with van der Waals surface area (Å²) in [4.78, 5) is 28.6. The lowest BCUT2D eigenvalue weighted by atomic mass is 10.0. The van der Waals surface area contributed by atoms with Crippen molar-refractivity contribution >= 4 is 44.7 Å². The number of para-hydroxylation sites is 1. The van der Waals surface area contributed by atoms with Gasteiger partial charge in [0.25, 0.3) is 15.9 Å². The molecule has 2 heterocycles. The number of hydrogen-bond donors (Lipinski definition) is 3. The molecule has 0 radical (unpaired) electrons. The van der Waals surface area contributed by atoms with Crippen LogP contribution in [0.15, 0.2) is 70.3 Å². The SMILES string of the molecule is C[C@@H]1CN([C@H](C)CO)C(=O)c2cc(NC(=O)Nc3ccccc3)ccc2O[C@@H](C)CCCCO[C@@H]1CN(C)S(=O)(=O)c1cccs1. The second kappa shape index (κ2) is 16.4. The van der Waals surface area contributed by atoms with Gasteiger partial charge in [0.15, 0.2) is 0 Å². The Hall–Kier alpha value is -3.49. The quantitative estimate of drug-likeness (QED) is 0.287. The third-order valence-corrected chi connectivity index (χ3v) is 11.1. The van der Waals surface area contributed by atoms with E-state index in [0.29, 0.717) is 30.2 Å². The normalized spacial score (nSPS) is 20.7. The fourth-order valence-electron chi connectivity index (χ4n) is 5.19. The second-order valence-electron chi connectivity index (χ2n) is 11.7. The molecule has 1 aliphatic rings. The fraction of sp³-hybridized carbons (Fsp3) is 0.455. The van der Waals surface area contributed by atoms with Crippen LogP contribution in [0, 0.1) is 5.92 Å². The number of aliphatic hydroxyl groups is 1. The first-order valence-electron chi connectivity index (χ1n) is 15.5. The summed E-state index contributed by atoms with van der Waals surface area (Å²) in [7, 11) is -2.18. The molecule has 13 heteroatoms. The van der Waals surface area contributed by atoms with Crippen LogP contribution < -0.4 is 15.4 Å². The Labute approximate surface area is 275 Å². The molecule has 0 saturated carbocycles. The maximum Gasteiger partial charge on any atom is 0.323 e. The van der Waals surface area contributed by atoms with Crippen LogP contribution in [0.4, 0.5) is 16.2 Å². The van der Waals surface area contributed by atoms with E-state index < -0.39 is 34.1 Å². The molecule has 0 bridgehead atoms. The minimum atomic E-state index is -3.71. The molecule has 4 atom stereocenters. The van der Waals surface area contributed by atoms with E-state index in [-0.39, 0.29) is 41.5 Å². The van der Waals surface area contributed by atoms with Gasteiger partial charge in [0.2, 0.25) is 0 Å². The van der Waals surface area contributed by atoms with Gasteiger partial charge in [-0.15, -0.1) is 11.3 Å². The van der Waals surface area contributed by atoms with Crippen LogP contribution in [0.2, 0.25) is 0 Å². The van der Waals surface area contributed by atoms with E-state index in [9.17, 15) is 23.1 Å². The van der Waals surface area contributed by atoms with Crippen molar-refractivity contribution in [1.82, 2.24) is 9.21 Å². The molecule has 4 rings (SSSR count). The van der Waals surface area contributed by atoms with Crippen molar-refractivity contribution in [3.8, 4) is 5.75 Å². The number of carbonyl (C=O) groups excluding carboxylic acids is 2. The molecule has 11 nitrogen and oxygen atoms in total. The second-order valence-corrected chi connectivity index (χ2v) is 14.9. The summed E-state index contributed by atoms with van der Waals surface area (Å²) in [5.41, 5.74) is 1.25. The molecule has 0 unspecified atom stereocenters. The number of amides is 3. The van der Waals surface area contributed by atoms with Crippen LogP contribution >= 0.6 is 11.3 Å². The minimum Gasteiger partial charge on any atom is -0.490 e. The average Bonchev–Trinajstić information content (AvgIpc) is 3.59. The number of ether oxygens (including phenoxy) is 2. The van der Waals surface area contributed by atoms with Gasteiger partial charge in [-0.05, 0) is 74.9 Å². The largest absolute Gasteiger partial charge is 0.490 e. The molecule has 3 aromatic rings. The highest BCUT2D eigenvalue weighted by molar-refractivity contribution is 7.91. The summed E-state index contributed by atoms with van der Waals surface area (Å²) in [6.07, 6.45) is 1.53. The lowest BCUT2D eigenvalue weighted by molar-refractivity contribution is -0.00832. The summed E-state index contributed by atoms with van der Waals surface area (Å²) in [5.74, 6) is -0.317. The van der Waals surface area contributed by atoms with E-state index in [0.717, 1.165) is 24.2 Å². The molecule has 1 aromatic heterocycles. The highest BCUT2D eigenvalue weighted by atomic mass is 32.2. The number of anilines is 2. The van der Waals surface area contributed by atoms with Gasteiger partial charge in [-0.25, -0.2) is 13.2 Å². The zero-order valence-corrected chi connectivity index (χ0v) is 28.4. The van der Waals surface area contributed by atoms with Gasteiger partial charge in [-0.2, -0.15) is 4.31 Å². The lowest BCUT2D eigenvalue weighted by Gasteiger charge is -2.35. The van der Waals surface area contributed by atoms with Crippen molar-refractivity contribution in [3.05, 3.63) is 71.6 Å². The first-order chi connectivity index (χ1) is 22.0. The van der Waals surface area contributed by atoms with E-state index in [1.165, 1.54) is 11.4 Å². The number of sulfonamides is 1. The van der Waals surface area contributed by atoms with Gasteiger partial charge in [-0.3, -0.25) is 4.79 Å². The molecule has 0 aliphatic carbocycles. The van der Waals surface area contributed by atoms with Gasteiger partial charge in [0.05, 0.1) is 30.4 Å². The topological polar surface area (TPSA) is 138 Å². The number of hydrogen-bond acceptors (Lipinski definition) is 8. The molecule has 0 fully saturated rings. The first-order valence-corrected chi connectivity index (χ1v) is 17.8. The van der Waals surface area contributed by atoms with E-state index in [1.54, 1.807) is 59.7 Å². The Balaban J connectivity index is 1.62. The summed E-state index contributed by atoms with van der Waals surface area (Å²) >= 11 is 1.16. The first kappa shape index (κ1) is 35.4. The summed E-state index contributed by atoms with van der Waals surface area (Å²) < 4.78 is 40.5. The van der Waals surface area contributed by atoms with Crippen LogP contribution in [-0.2, 0) is 14.8 Å². The molecule has 3 amide bonds. The molecular weight excluding hydrogens is 629 g/mol. The average molecular weight is 673 g/mol. The van der Waals surface area contributed by atoms with Gasteiger partial charge < -0.3 is 30.1 Å². The minimum absolute atomic E-state index is 0.0949. The molecule has 0 spiro atoms. The van der Waals surface area contributed by atoms with Crippen LogP contribution in [0.25, 0.3) is 0 Å². The molecule has 2 aromatic carbocycles. The van der Waals surface area contributed by atoms with Crippen molar-refractivity contribution in [3.63, 3.8) is 0 Å². The number of nitrogens with one attached hydrogen (secondary N) is 2. The van der Waals surface area contributed by atoms with Crippen molar-refractivity contribution in [2.45, 2.75) is 62.5 Å². The monoisotopic (exact) mass is 672 g/mol. The third-order valence-electron chi connectivity index (χ3n) is 7.94. The predicted molar refractivity (Wildman–Crippen MR) is 180 cm³/mol. The fourth-order valence-corrected chi connectivity index (χ4v) is 7.58. The third kappa shape index (κ3) is 9.29. The lowest BCUT2D eigenvalue weighted by Crippen LogP contribution is -2.48. The highest BCUT2D eigenvalue weighted by Crippen LogP contribution is 2.29. The maximum atomic E-state index is 14.3. The number of thiophene rings is 1. The Morgan fingerprint density at radius 2 is 1.83 bits per heavy atom. The van der Waals surface area contributed by atoms with Crippen molar-refractivity contribution in [1.29, 1.82) is 0 Å². The maximum absolute atomic E-state index is 14.3. The number of carbonyl (C=O) groups is 2. The van der Waals surface area contributed by atoms with Gasteiger partial charge in [0, 0.05) is 44.0 Å². The predicted octanol–water partition coefficient (Wildman–Crippen LogP) is 5.51. The van der Waals surface area contributed by atoms with Crippen LogP contribution in [-0.4, -0.2) is 86.3 Å². The molecule has 250 valence electrons. The van der Waals surface area contributed by atoms with Crippen LogP contribution in [0.1, 0.15) is 50.4 Å². The van der Waals surface area contributed by atoms with Crippen molar-refractivity contribution in [2.24, 2.45) is 5.92 Å². The number of benzene rings is 2. The van der Waals surface area contributed by atoms with Gasteiger partial charge in [0.1, 0.15) is 9.96 Å². The molecular formula is C33H44N4O7S2. The van der Waals surface area contributed by atoms with Crippen LogP contribution in [0.5, 0.6) is 5.75 Å². The van der Waals surface area contributed by atoms with E-state index in [1.807, 2.05) is 32.0 Å². The van der Waals surface area contributed by atoms with Crippen molar-refractivity contribution < 1.29 is 32.6 Å². The zero-order chi connectivity index (χ0) is 33.3. The van der Waals surface area contributed by atoms with Crippen molar-refractivity contribution in [2.75, 3.05) is 44.0 Å². The molecule has 1 aliphatic heterocycles.